The van der Waals surface area contributed by atoms with Gasteiger partial charge in [0.2, 0.25) is 0 Å². The molecular formula is C40H38N2. The molecule has 0 saturated carbocycles. The van der Waals surface area contributed by atoms with Crippen molar-refractivity contribution in [3.8, 4) is 11.1 Å². The Kier molecular flexibility index (Phi) is 7.13. The van der Waals surface area contributed by atoms with Gasteiger partial charge in [-0.1, -0.05) is 90.0 Å². The molecule has 2 aliphatic carbocycles. The molecule has 0 atom stereocenters. The maximum absolute atomic E-state index is 2.54. The minimum atomic E-state index is 0.819. The molecule has 42 heavy (non-hydrogen) atoms. The normalized spacial score (nSPS) is 16.7. The van der Waals surface area contributed by atoms with Crippen LogP contribution in [-0.2, 0) is 6.54 Å². The fourth-order valence-corrected chi connectivity index (χ4v) is 6.58. The van der Waals surface area contributed by atoms with Gasteiger partial charge < -0.3 is 9.80 Å². The van der Waals surface area contributed by atoms with Crippen molar-refractivity contribution in [1.82, 2.24) is 0 Å². The number of allylic oxidation sites excluding steroid dienone is 5. The van der Waals surface area contributed by atoms with Crippen LogP contribution in [0.1, 0.15) is 42.4 Å². The van der Waals surface area contributed by atoms with Crippen LogP contribution in [0.5, 0.6) is 0 Å². The molecule has 0 saturated heterocycles. The van der Waals surface area contributed by atoms with Gasteiger partial charge in [0.05, 0.1) is 0 Å². The summed E-state index contributed by atoms with van der Waals surface area (Å²) < 4.78 is 0. The van der Waals surface area contributed by atoms with Crippen molar-refractivity contribution >= 4 is 17.1 Å². The summed E-state index contributed by atoms with van der Waals surface area (Å²) in [5.41, 5.74) is 15.8. The lowest BCUT2D eigenvalue weighted by molar-refractivity contribution is 0.833. The lowest BCUT2D eigenvalue weighted by Crippen LogP contribution is -2.25. The van der Waals surface area contributed by atoms with E-state index in [1.807, 2.05) is 0 Å². The Hall–Kier alpha value is -4.56. The Labute approximate surface area is 250 Å². The van der Waals surface area contributed by atoms with E-state index in [1.165, 1.54) is 67.3 Å². The number of hydrogen-bond acceptors (Lipinski definition) is 2. The summed E-state index contributed by atoms with van der Waals surface area (Å²) in [5, 5.41) is 0. The van der Waals surface area contributed by atoms with Crippen molar-refractivity contribution in [3.05, 3.63) is 160 Å². The van der Waals surface area contributed by atoms with Gasteiger partial charge in [0.25, 0.3) is 0 Å². The van der Waals surface area contributed by atoms with Crippen molar-refractivity contribution in [1.29, 1.82) is 0 Å². The topological polar surface area (TPSA) is 6.48 Å². The van der Waals surface area contributed by atoms with Gasteiger partial charge in [0.1, 0.15) is 0 Å². The second-order valence-electron chi connectivity index (χ2n) is 11.9. The Morgan fingerprint density at radius 1 is 0.643 bits per heavy atom. The SMILES string of the molecule is Cc1ccc(N2Cc3cccc(c3)-c3ccccc3N(c3ccc(C)cc3)CC3=CCCC(=C3)C3=C2C=CCC3)cc1. The fraction of sp³-hybridized carbons (Fsp3) is 0.200. The molecule has 0 amide bonds. The summed E-state index contributed by atoms with van der Waals surface area (Å²) in [6, 6.07) is 36.1. The number of anilines is 3. The van der Waals surface area contributed by atoms with Crippen LogP contribution >= 0.6 is 0 Å². The van der Waals surface area contributed by atoms with E-state index in [-0.39, 0.29) is 0 Å². The van der Waals surface area contributed by atoms with Crippen molar-refractivity contribution in [2.75, 3.05) is 16.3 Å². The van der Waals surface area contributed by atoms with Crippen LogP contribution in [0.2, 0.25) is 0 Å². The number of fused-ring (bicyclic) bond motifs is 6. The highest BCUT2D eigenvalue weighted by Crippen LogP contribution is 2.40. The van der Waals surface area contributed by atoms with Gasteiger partial charge in [-0.15, -0.1) is 0 Å². The third-order valence-electron chi connectivity index (χ3n) is 8.81. The highest BCUT2D eigenvalue weighted by atomic mass is 15.1. The number of para-hydroxylation sites is 1. The molecule has 0 N–H and O–H groups in total. The van der Waals surface area contributed by atoms with Crippen LogP contribution in [0, 0.1) is 13.8 Å². The number of benzene rings is 4. The summed E-state index contributed by atoms with van der Waals surface area (Å²) in [6.45, 7) is 5.98. The molecule has 0 unspecified atom stereocenters. The van der Waals surface area contributed by atoms with Crippen LogP contribution in [0.25, 0.3) is 11.1 Å². The molecule has 1 heterocycles. The van der Waals surface area contributed by atoms with E-state index in [9.17, 15) is 0 Å². The molecule has 0 fully saturated rings. The maximum atomic E-state index is 2.54. The lowest BCUT2D eigenvalue weighted by Gasteiger charge is -2.33. The maximum Gasteiger partial charge on any atom is 0.0493 e. The molecule has 0 aromatic heterocycles. The molecule has 2 nitrogen and oxygen atoms in total. The highest BCUT2D eigenvalue weighted by Gasteiger charge is 2.23. The van der Waals surface area contributed by atoms with Crippen molar-refractivity contribution in [2.24, 2.45) is 0 Å². The van der Waals surface area contributed by atoms with Gasteiger partial charge in [-0.25, -0.2) is 0 Å². The zero-order valence-electron chi connectivity index (χ0n) is 24.7. The van der Waals surface area contributed by atoms with Gasteiger partial charge in [0, 0.05) is 41.4 Å². The highest BCUT2D eigenvalue weighted by molar-refractivity contribution is 5.83. The molecule has 1 aliphatic heterocycles. The van der Waals surface area contributed by atoms with E-state index < -0.39 is 0 Å². The number of rotatable bonds is 2. The predicted molar refractivity (Wildman–Crippen MR) is 178 cm³/mol. The van der Waals surface area contributed by atoms with Crippen LogP contribution in [-0.4, -0.2) is 6.54 Å². The third kappa shape index (κ3) is 5.25. The largest absolute Gasteiger partial charge is 0.337 e. The zero-order valence-corrected chi connectivity index (χ0v) is 24.7. The molecule has 208 valence electrons. The molecular weight excluding hydrogens is 508 g/mol. The number of nitrogens with zero attached hydrogens (tertiary/aromatic N) is 2. The first-order valence-corrected chi connectivity index (χ1v) is 15.3. The first-order chi connectivity index (χ1) is 20.6. The Morgan fingerprint density at radius 2 is 1.38 bits per heavy atom. The summed E-state index contributed by atoms with van der Waals surface area (Å²) in [7, 11) is 0. The summed E-state index contributed by atoms with van der Waals surface area (Å²) in [5.74, 6) is 0. The predicted octanol–water partition coefficient (Wildman–Crippen LogP) is 10.4. The molecule has 4 aromatic carbocycles. The minimum absolute atomic E-state index is 0.819. The molecule has 7 rings (SSSR count). The van der Waals surface area contributed by atoms with Crippen molar-refractivity contribution < 1.29 is 0 Å². The van der Waals surface area contributed by atoms with Crippen molar-refractivity contribution in [2.45, 2.75) is 46.1 Å². The second-order valence-corrected chi connectivity index (χ2v) is 11.9. The monoisotopic (exact) mass is 546 g/mol. The Bertz CT molecular complexity index is 1730. The van der Waals surface area contributed by atoms with Crippen LogP contribution in [0.3, 0.4) is 0 Å². The van der Waals surface area contributed by atoms with E-state index >= 15 is 0 Å². The summed E-state index contributed by atoms with van der Waals surface area (Å²) in [6.07, 6.45) is 14.0. The Morgan fingerprint density at radius 3 is 2.17 bits per heavy atom. The minimum Gasteiger partial charge on any atom is -0.337 e. The molecule has 0 spiro atoms. The Balaban J connectivity index is 1.45. The van der Waals surface area contributed by atoms with Gasteiger partial charge in [-0.3, -0.25) is 0 Å². The number of hydrogen-bond donors (Lipinski definition) is 0. The van der Waals surface area contributed by atoms with Crippen LogP contribution in [0.15, 0.2) is 144 Å². The van der Waals surface area contributed by atoms with Gasteiger partial charge in [0.15, 0.2) is 0 Å². The van der Waals surface area contributed by atoms with E-state index in [0.29, 0.717) is 0 Å². The average Bonchev–Trinajstić information content (AvgIpc) is 3.03. The van der Waals surface area contributed by atoms with Crippen LogP contribution < -0.4 is 9.80 Å². The standard InChI is InChI=1S/C40H38N2/c1-29-17-21-35(22-18-29)41-27-31-9-7-12-34(25-31)38-14-4-6-16-40(38)42(36-23-19-30(2)20-24-36)28-32-10-8-11-33(26-32)37-13-3-5-15-39(37)41/h3,5-6,8-11,13,15-26H,4,7,12,14,27-28H2,1-2H3. The molecule has 0 radical (unpaired) electrons. The van der Waals surface area contributed by atoms with Gasteiger partial charge in [-0.2, -0.15) is 0 Å². The first-order valence-electron chi connectivity index (χ1n) is 15.3. The molecule has 4 bridgehead atoms. The van der Waals surface area contributed by atoms with E-state index in [2.05, 4.69) is 145 Å². The lowest BCUT2D eigenvalue weighted by atomic mass is 9.87. The summed E-state index contributed by atoms with van der Waals surface area (Å²) >= 11 is 0. The second kappa shape index (κ2) is 11.4. The van der Waals surface area contributed by atoms with E-state index in [0.717, 1.165) is 38.8 Å². The van der Waals surface area contributed by atoms with Gasteiger partial charge in [-0.05, 0) is 110 Å². The van der Waals surface area contributed by atoms with E-state index in [1.54, 1.807) is 0 Å². The molecule has 3 aliphatic rings. The smallest absolute Gasteiger partial charge is 0.0493 e. The third-order valence-corrected chi connectivity index (χ3v) is 8.81. The number of aryl methyl sites for hydroxylation is 2. The molecule has 4 aromatic rings. The first kappa shape index (κ1) is 26.3. The van der Waals surface area contributed by atoms with E-state index in [4.69, 9.17) is 0 Å². The quantitative estimate of drug-likeness (QED) is 0.247. The van der Waals surface area contributed by atoms with Gasteiger partial charge >= 0.3 is 0 Å². The zero-order chi connectivity index (χ0) is 28.5. The fourth-order valence-electron chi connectivity index (χ4n) is 6.58. The average molecular weight is 547 g/mol. The van der Waals surface area contributed by atoms with Crippen LogP contribution in [0.4, 0.5) is 17.1 Å². The molecule has 2 heteroatoms. The summed E-state index contributed by atoms with van der Waals surface area (Å²) in [4.78, 5) is 5.05. The van der Waals surface area contributed by atoms with Crippen molar-refractivity contribution in [3.63, 3.8) is 0 Å².